The maximum atomic E-state index is 12.4. The van der Waals surface area contributed by atoms with Gasteiger partial charge < -0.3 is 5.73 Å². The molecular weight excluding hydrogens is 318 g/mol. The van der Waals surface area contributed by atoms with E-state index in [0.717, 1.165) is 11.6 Å². The Labute approximate surface area is 134 Å². The standard InChI is InChI=1S/C15H17N3O4S/c16-10-13(12-6-2-1-3-7-12)11-17-23(21,22)15-9-5-4-8-14(15)18(19)20/h1-9,13,17H,10-11,16H2. The molecule has 2 aromatic carbocycles. The molecule has 0 aliphatic rings. The Hall–Kier alpha value is -2.29. The summed E-state index contributed by atoms with van der Waals surface area (Å²) in [4.78, 5) is 9.91. The molecule has 122 valence electrons. The average Bonchev–Trinajstić information content (AvgIpc) is 2.56. The third-order valence-electron chi connectivity index (χ3n) is 3.43. The summed E-state index contributed by atoms with van der Waals surface area (Å²) in [6, 6.07) is 14.5. The Morgan fingerprint density at radius 2 is 1.70 bits per heavy atom. The van der Waals surface area contributed by atoms with Crippen LogP contribution in [0, 0.1) is 10.1 Å². The van der Waals surface area contributed by atoms with Crippen molar-refractivity contribution in [1.29, 1.82) is 0 Å². The van der Waals surface area contributed by atoms with Crippen molar-refractivity contribution >= 4 is 15.7 Å². The van der Waals surface area contributed by atoms with Gasteiger partial charge in [-0.25, -0.2) is 13.1 Å². The summed E-state index contributed by atoms with van der Waals surface area (Å²) in [5.41, 5.74) is 6.16. The third kappa shape index (κ3) is 4.13. The zero-order valence-electron chi connectivity index (χ0n) is 12.3. The molecule has 3 N–H and O–H groups in total. The van der Waals surface area contributed by atoms with Crippen LogP contribution in [0.1, 0.15) is 11.5 Å². The number of hydrogen-bond acceptors (Lipinski definition) is 5. The lowest BCUT2D eigenvalue weighted by atomic mass is 10.00. The van der Waals surface area contributed by atoms with Crippen molar-refractivity contribution in [3.8, 4) is 0 Å². The first-order valence-corrected chi connectivity index (χ1v) is 8.42. The lowest BCUT2D eigenvalue weighted by Gasteiger charge is -2.16. The maximum absolute atomic E-state index is 12.4. The highest BCUT2D eigenvalue weighted by molar-refractivity contribution is 7.89. The van der Waals surface area contributed by atoms with Crippen LogP contribution in [0.5, 0.6) is 0 Å². The number of hydrogen-bond donors (Lipinski definition) is 2. The topological polar surface area (TPSA) is 115 Å². The molecule has 1 atom stereocenters. The van der Waals surface area contributed by atoms with Crippen LogP contribution in [0.3, 0.4) is 0 Å². The summed E-state index contributed by atoms with van der Waals surface area (Å²) in [6.45, 7) is 0.318. The van der Waals surface area contributed by atoms with Crippen molar-refractivity contribution in [2.24, 2.45) is 5.73 Å². The number of nitrogens with two attached hydrogens (primary N) is 1. The van der Waals surface area contributed by atoms with Crippen molar-refractivity contribution in [2.75, 3.05) is 13.1 Å². The molecule has 0 aliphatic heterocycles. The molecule has 0 bridgehead atoms. The van der Waals surface area contributed by atoms with E-state index in [1.807, 2.05) is 30.3 Å². The minimum atomic E-state index is -4.00. The molecule has 2 rings (SSSR count). The fourth-order valence-corrected chi connectivity index (χ4v) is 3.44. The number of rotatable bonds is 7. The van der Waals surface area contributed by atoms with Crippen molar-refractivity contribution in [2.45, 2.75) is 10.8 Å². The van der Waals surface area contributed by atoms with E-state index in [-0.39, 0.29) is 23.9 Å². The van der Waals surface area contributed by atoms with Gasteiger partial charge in [-0.2, -0.15) is 0 Å². The van der Waals surface area contributed by atoms with Gasteiger partial charge in [-0.3, -0.25) is 10.1 Å². The number of nitro benzene ring substituents is 1. The van der Waals surface area contributed by atoms with Gasteiger partial charge in [-0.1, -0.05) is 42.5 Å². The molecular formula is C15H17N3O4S. The molecule has 7 nitrogen and oxygen atoms in total. The molecule has 0 heterocycles. The number of para-hydroxylation sites is 1. The van der Waals surface area contributed by atoms with E-state index in [0.29, 0.717) is 0 Å². The molecule has 0 spiro atoms. The quantitative estimate of drug-likeness (QED) is 0.589. The smallest absolute Gasteiger partial charge is 0.289 e. The average molecular weight is 335 g/mol. The van der Waals surface area contributed by atoms with Crippen LogP contribution in [0.25, 0.3) is 0 Å². The molecule has 0 saturated heterocycles. The molecule has 0 fully saturated rings. The first-order chi connectivity index (χ1) is 11.0. The van der Waals surface area contributed by atoms with Crippen LogP contribution >= 0.6 is 0 Å². The van der Waals surface area contributed by atoms with Crippen molar-refractivity contribution in [3.05, 3.63) is 70.3 Å². The summed E-state index contributed by atoms with van der Waals surface area (Å²) >= 11 is 0. The van der Waals surface area contributed by atoms with Gasteiger partial charge in [0.15, 0.2) is 4.90 Å². The van der Waals surface area contributed by atoms with Crippen LogP contribution < -0.4 is 10.5 Å². The van der Waals surface area contributed by atoms with E-state index in [9.17, 15) is 18.5 Å². The Balaban J connectivity index is 2.21. The minimum absolute atomic E-state index is 0.0644. The van der Waals surface area contributed by atoms with E-state index in [1.165, 1.54) is 18.2 Å². The molecule has 0 saturated carbocycles. The van der Waals surface area contributed by atoms with Gasteiger partial charge in [0.2, 0.25) is 10.0 Å². The van der Waals surface area contributed by atoms with E-state index < -0.39 is 20.6 Å². The van der Waals surface area contributed by atoms with Gasteiger partial charge in [0, 0.05) is 25.1 Å². The lowest BCUT2D eigenvalue weighted by molar-refractivity contribution is -0.387. The first kappa shape index (κ1) is 17.1. The Morgan fingerprint density at radius 1 is 1.09 bits per heavy atom. The molecule has 0 amide bonds. The highest BCUT2D eigenvalue weighted by Crippen LogP contribution is 2.23. The maximum Gasteiger partial charge on any atom is 0.289 e. The van der Waals surface area contributed by atoms with Gasteiger partial charge in [0.05, 0.1) is 4.92 Å². The summed E-state index contributed by atoms with van der Waals surface area (Å²) in [7, 11) is -4.00. The lowest BCUT2D eigenvalue weighted by Crippen LogP contribution is -2.31. The van der Waals surface area contributed by atoms with E-state index in [2.05, 4.69) is 4.72 Å². The summed E-state index contributed by atoms with van der Waals surface area (Å²) in [5, 5.41) is 11.0. The van der Waals surface area contributed by atoms with Gasteiger partial charge >= 0.3 is 0 Å². The van der Waals surface area contributed by atoms with E-state index in [1.54, 1.807) is 0 Å². The summed E-state index contributed by atoms with van der Waals surface area (Å²) < 4.78 is 27.1. The molecule has 0 aromatic heterocycles. The summed E-state index contributed by atoms with van der Waals surface area (Å²) in [5.74, 6) is -0.214. The number of sulfonamides is 1. The number of nitro groups is 1. The molecule has 0 aliphatic carbocycles. The molecule has 8 heteroatoms. The molecule has 1 unspecified atom stereocenters. The fourth-order valence-electron chi connectivity index (χ4n) is 2.19. The Kier molecular flexibility index (Phi) is 5.43. The zero-order chi connectivity index (χ0) is 16.9. The van der Waals surface area contributed by atoms with Crippen LogP contribution in [0.4, 0.5) is 5.69 Å². The van der Waals surface area contributed by atoms with Gasteiger partial charge in [0.25, 0.3) is 5.69 Å². The SMILES string of the molecule is NCC(CNS(=O)(=O)c1ccccc1[N+](=O)[O-])c1ccccc1. The summed E-state index contributed by atoms with van der Waals surface area (Å²) in [6.07, 6.45) is 0. The van der Waals surface area contributed by atoms with Gasteiger partial charge in [-0.05, 0) is 11.6 Å². The second-order valence-corrected chi connectivity index (χ2v) is 6.66. The fraction of sp³-hybridized carbons (Fsp3) is 0.200. The first-order valence-electron chi connectivity index (χ1n) is 6.94. The molecule has 23 heavy (non-hydrogen) atoms. The number of benzene rings is 2. The minimum Gasteiger partial charge on any atom is -0.330 e. The van der Waals surface area contributed by atoms with Crippen molar-refractivity contribution in [3.63, 3.8) is 0 Å². The second kappa shape index (κ2) is 7.32. The Morgan fingerprint density at radius 3 is 2.30 bits per heavy atom. The van der Waals surface area contributed by atoms with Gasteiger partial charge in [0.1, 0.15) is 0 Å². The Bertz CT molecular complexity index is 778. The van der Waals surface area contributed by atoms with Gasteiger partial charge in [-0.15, -0.1) is 0 Å². The third-order valence-corrected chi connectivity index (χ3v) is 4.90. The molecule has 0 radical (unpaired) electrons. The van der Waals surface area contributed by atoms with Crippen LogP contribution in [0.15, 0.2) is 59.5 Å². The normalized spacial score (nSPS) is 12.7. The van der Waals surface area contributed by atoms with Crippen LogP contribution in [0.2, 0.25) is 0 Å². The highest BCUT2D eigenvalue weighted by Gasteiger charge is 2.25. The van der Waals surface area contributed by atoms with Crippen LogP contribution in [-0.4, -0.2) is 26.4 Å². The zero-order valence-corrected chi connectivity index (χ0v) is 13.1. The highest BCUT2D eigenvalue weighted by atomic mass is 32.2. The van der Waals surface area contributed by atoms with Crippen molar-refractivity contribution in [1.82, 2.24) is 4.72 Å². The van der Waals surface area contributed by atoms with E-state index in [4.69, 9.17) is 5.73 Å². The second-order valence-electron chi connectivity index (χ2n) is 4.92. The monoisotopic (exact) mass is 335 g/mol. The number of nitrogens with zero attached hydrogens (tertiary/aromatic N) is 1. The van der Waals surface area contributed by atoms with E-state index >= 15 is 0 Å². The number of nitrogens with one attached hydrogen (secondary N) is 1. The van der Waals surface area contributed by atoms with Crippen molar-refractivity contribution < 1.29 is 13.3 Å². The molecule has 2 aromatic rings. The largest absolute Gasteiger partial charge is 0.330 e. The van der Waals surface area contributed by atoms with Crippen LogP contribution in [-0.2, 0) is 10.0 Å². The predicted octanol–water partition coefficient (Wildman–Crippen LogP) is 1.62. The predicted molar refractivity (Wildman–Crippen MR) is 86.5 cm³/mol.